The molecule has 5 heteroatoms. The summed E-state index contributed by atoms with van der Waals surface area (Å²) >= 11 is 5.32. The summed E-state index contributed by atoms with van der Waals surface area (Å²) in [5, 5.41) is 0. The van der Waals surface area contributed by atoms with Crippen LogP contribution in [-0.4, -0.2) is 24.9 Å². The molecule has 0 bridgehead atoms. The third-order valence-corrected chi connectivity index (χ3v) is 2.09. The number of ether oxygens (including phenoxy) is 2. The number of benzene rings is 1. The van der Waals surface area contributed by atoms with Crippen molar-refractivity contribution >= 4 is 23.5 Å². The maximum atomic E-state index is 11.1. The van der Waals surface area contributed by atoms with Crippen molar-refractivity contribution in [1.82, 2.24) is 0 Å². The van der Waals surface area contributed by atoms with E-state index in [0.717, 1.165) is 0 Å². The Morgan fingerprint density at radius 3 is 2.56 bits per heavy atom. The van der Waals surface area contributed by atoms with Crippen molar-refractivity contribution in [3.8, 4) is 5.75 Å². The van der Waals surface area contributed by atoms with Gasteiger partial charge in [0, 0.05) is 5.56 Å². The van der Waals surface area contributed by atoms with Crippen LogP contribution in [0, 0.1) is 0 Å². The van der Waals surface area contributed by atoms with E-state index in [0.29, 0.717) is 11.3 Å². The number of carbonyl (C=O) groups excluding carboxylic acids is 2. The molecule has 1 rings (SSSR count). The number of rotatable bonds is 4. The number of hydrogen-bond donors (Lipinski definition) is 0. The van der Waals surface area contributed by atoms with Crippen LogP contribution in [0.5, 0.6) is 5.75 Å². The van der Waals surface area contributed by atoms with Crippen LogP contribution in [0.1, 0.15) is 5.56 Å². The van der Waals surface area contributed by atoms with Crippen LogP contribution in [0.2, 0.25) is 0 Å². The minimum atomic E-state index is -0.556. The third-order valence-electron chi connectivity index (χ3n) is 1.87. The number of alkyl halides is 1. The maximum Gasteiger partial charge on any atom is 0.326 e. The summed E-state index contributed by atoms with van der Waals surface area (Å²) in [7, 11) is 1.30. The Morgan fingerprint density at radius 1 is 1.25 bits per heavy atom. The lowest BCUT2D eigenvalue weighted by Gasteiger charge is -2.07. The summed E-state index contributed by atoms with van der Waals surface area (Å²) in [4.78, 5) is 22.1. The largest absolute Gasteiger partial charge is 0.469 e. The molecule has 0 amide bonds. The fraction of sp³-hybridized carbons (Fsp3) is 0.273. The Balaban J connectivity index is 2.83. The molecule has 0 unspecified atom stereocenters. The van der Waals surface area contributed by atoms with Gasteiger partial charge < -0.3 is 9.47 Å². The maximum absolute atomic E-state index is 11.1. The molecule has 16 heavy (non-hydrogen) atoms. The molecule has 0 saturated heterocycles. The highest BCUT2D eigenvalue weighted by Crippen LogP contribution is 2.19. The molecule has 0 spiro atoms. The zero-order valence-corrected chi connectivity index (χ0v) is 9.49. The van der Waals surface area contributed by atoms with Crippen LogP contribution in [0.3, 0.4) is 0 Å². The fourth-order valence-corrected chi connectivity index (χ4v) is 1.18. The van der Waals surface area contributed by atoms with E-state index < -0.39 is 11.9 Å². The third kappa shape index (κ3) is 3.55. The molecule has 0 aliphatic heterocycles. The van der Waals surface area contributed by atoms with Crippen LogP contribution in [0.4, 0.5) is 0 Å². The van der Waals surface area contributed by atoms with Gasteiger partial charge in [0.25, 0.3) is 0 Å². The molecule has 0 aliphatic rings. The standard InChI is InChI=1S/C11H11ClO4/c1-15-10(13)6-8-4-2-3-5-9(8)16-11(14)7-12/h2-5H,6-7H2,1H3. The highest BCUT2D eigenvalue weighted by atomic mass is 35.5. The van der Waals surface area contributed by atoms with E-state index in [4.69, 9.17) is 16.3 Å². The smallest absolute Gasteiger partial charge is 0.326 e. The molecule has 0 aromatic heterocycles. The molecule has 0 saturated carbocycles. The quantitative estimate of drug-likeness (QED) is 0.457. The lowest BCUT2D eigenvalue weighted by Crippen LogP contribution is -2.12. The highest BCUT2D eigenvalue weighted by Gasteiger charge is 2.11. The summed E-state index contributed by atoms with van der Waals surface area (Å²) in [5.41, 5.74) is 0.591. The summed E-state index contributed by atoms with van der Waals surface area (Å²) in [6.45, 7) is 0. The summed E-state index contributed by atoms with van der Waals surface area (Å²) in [5.74, 6) is -0.848. The summed E-state index contributed by atoms with van der Waals surface area (Å²) < 4.78 is 9.50. The van der Waals surface area contributed by atoms with Crippen molar-refractivity contribution in [2.45, 2.75) is 6.42 Å². The normalized spacial score (nSPS) is 9.62. The molecule has 0 heterocycles. The zero-order valence-electron chi connectivity index (χ0n) is 8.73. The lowest BCUT2D eigenvalue weighted by atomic mass is 10.1. The van der Waals surface area contributed by atoms with Crippen molar-refractivity contribution in [3.05, 3.63) is 29.8 Å². The van der Waals surface area contributed by atoms with Crippen LogP contribution in [0.15, 0.2) is 24.3 Å². The first-order valence-corrected chi connectivity index (χ1v) is 5.12. The highest BCUT2D eigenvalue weighted by molar-refractivity contribution is 6.26. The minimum absolute atomic E-state index is 0.0578. The Hall–Kier alpha value is -1.55. The first-order chi connectivity index (χ1) is 7.67. The van der Waals surface area contributed by atoms with Crippen molar-refractivity contribution < 1.29 is 19.1 Å². The molecule has 4 nitrogen and oxygen atoms in total. The number of esters is 2. The Kier molecular flexibility index (Phi) is 4.79. The van der Waals surface area contributed by atoms with E-state index in [1.807, 2.05) is 0 Å². The predicted molar refractivity (Wildman–Crippen MR) is 58.5 cm³/mol. The van der Waals surface area contributed by atoms with Gasteiger partial charge in [0.2, 0.25) is 0 Å². The second-order valence-corrected chi connectivity index (χ2v) is 3.24. The van der Waals surface area contributed by atoms with E-state index in [-0.39, 0.29) is 12.3 Å². The minimum Gasteiger partial charge on any atom is -0.469 e. The number of hydrogen-bond acceptors (Lipinski definition) is 4. The van der Waals surface area contributed by atoms with E-state index in [1.54, 1.807) is 24.3 Å². The molecule has 0 N–H and O–H groups in total. The van der Waals surface area contributed by atoms with Gasteiger partial charge >= 0.3 is 11.9 Å². The Bertz CT molecular complexity index is 352. The SMILES string of the molecule is COC(=O)Cc1ccccc1OC(=O)CCl. The van der Waals surface area contributed by atoms with E-state index in [1.165, 1.54) is 7.11 Å². The van der Waals surface area contributed by atoms with Gasteiger partial charge in [-0.05, 0) is 6.07 Å². The Labute approximate surface area is 98.1 Å². The van der Waals surface area contributed by atoms with Gasteiger partial charge in [-0.2, -0.15) is 0 Å². The van der Waals surface area contributed by atoms with E-state index >= 15 is 0 Å². The molecule has 86 valence electrons. The molecular formula is C11H11ClO4. The van der Waals surface area contributed by atoms with Gasteiger partial charge in [-0.15, -0.1) is 11.6 Å². The van der Waals surface area contributed by atoms with Gasteiger partial charge in [-0.1, -0.05) is 18.2 Å². The fourth-order valence-electron chi connectivity index (χ4n) is 1.13. The van der Waals surface area contributed by atoms with Gasteiger partial charge in [0.05, 0.1) is 13.5 Å². The van der Waals surface area contributed by atoms with Crippen LogP contribution >= 0.6 is 11.6 Å². The van der Waals surface area contributed by atoms with Crippen molar-refractivity contribution in [3.63, 3.8) is 0 Å². The van der Waals surface area contributed by atoms with Gasteiger partial charge in [0.1, 0.15) is 11.6 Å². The second kappa shape index (κ2) is 6.12. The van der Waals surface area contributed by atoms with Gasteiger partial charge in [-0.3, -0.25) is 9.59 Å². The molecule has 0 atom stereocenters. The molecule has 0 radical (unpaired) electrons. The topological polar surface area (TPSA) is 52.6 Å². The first kappa shape index (κ1) is 12.5. The first-order valence-electron chi connectivity index (χ1n) is 4.58. The Morgan fingerprint density at radius 2 is 1.94 bits per heavy atom. The summed E-state index contributed by atoms with van der Waals surface area (Å²) in [6.07, 6.45) is 0.0578. The number of methoxy groups -OCH3 is 1. The lowest BCUT2D eigenvalue weighted by molar-refractivity contribution is -0.140. The number of halogens is 1. The van der Waals surface area contributed by atoms with E-state index in [9.17, 15) is 9.59 Å². The monoisotopic (exact) mass is 242 g/mol. The average molecular weight is 243 g/mol. The van der Waals surface area contributed by atoms with Gasteiger partial charge in [0.15, 0.2) is 0 Å². The number of carbonyl (C=O) groups is 2. The van der Waals surface area contributed by atoms with E-state index in [2.05, 4.69) is 4.74 Å². The predicted octanol–water partition coefficient (Wildman–Crippen LogP) is 1.55. The average Bonchev–Trinajstić information content (AvgIpc) is 2.31. The van der Waals surface area contributed by atoms with Crippen molar-refractivity contribution in [2.24, 2.45) is 0 Å². The van der Waals surface area contributed by atoms with Crippen molar-refractivity contribution in [2.75, 3.05) is 13.0 Å². The molecular weight excluding hydrogens is 232 g/mol. The second-order valence-electron chi connectivity index (χ2n) is 2.97. The van der Waals surface area contributed by atoms with Crippen LogP contribution < -0.4 is 4.74 Å². The van der Waals surface area contributed by atoms with Gasteiger partial charge in [-0.25, -0.2) is 0 Å². The molecule has 0 fully saturated rings. The van der Waals surface area contributed by atoms with Crippen LogP contribution in [-0.2, 0) is 20.7 Å². The molecule has 1 aromatic carbocycles. The summed E-state index contributed by atoms with van der Waals surface area (Å²) in [6, 6.07) is 6.74. The van der Waals surface area contributed by atoms with Crippen molar-refractivity contribution in [1.29, 1.82) is 0 Å². The molecule has 1 aromatic rings. The van der Waals surface area contributed by atoms with Crippen LogP contribution in [0.25, 0.3) is 0 Å². The molecule has 0 aliphatic carbocycles. The zero-order chi connectivity index (χ0) is 12.0. The number of para-hydroxylation sites is 1.